The normalized spacial score (nSPS) is 29.4. The number of unbranched alkanes of at least 4 members (excludes halogenated alkanes) is 3. The van der Waals surface area contributed by atoms with Crippen molar-refractivity contribution in [2.75, 3.05) is 13.2 Å². The van der Waals surface area contributed by atoms with Gasteiger partial charge >= 0.3 is 0 Å². The van der Waals surface area contributed by atoms with E-state index in [4.69, 9.17) is 14.2 Å². The Balaban J connectivity index is 1.85. The first-order chi connectivity index (χ1) is 12.1. The van der Waals surface area contributed by atoms with Crippen LogP contribution < -0.4 is 9.47 Å². The SMILES string of the molecule is CCCCCCOc1ccc(O[C@@H]2O[C@H](CO)[C@@H](O)[C@H](O)[C@H]2O)cc1. The average Bonchev–Trinajstić information content (AvgIpc) is 2.63. The molecule has 5 atom stereocenters. The predicted octanol–water partition coefficient (Wildman–Crippen LogP) is 0.824. The third-order valence-electron chi connectivity index (χ3n) is 4.19. The van der Waals surface area contributed by atoms with Crippen LogP contribution in [0.2, 0.25) is 0 Å². The van der Waals surface area contributed by atoms with Crippen LogP contribution in [0.1, 0.15) is 32.6 Å². The van der Waals surface area contributed by atoms with E-state index in [1.165, 1.54) is 12.8 Å². The summed E-state index contributed by atoms with van der Waals surface area (Å²) in [4.78, 5) is 0. The summed E-state index contributed by atoms with van der Waals surface area (Å²) in [7, 11) is 0. The topological polar surface area (TPSA) is 109 Å². The smallest absolute Gasteiger partial charge is 0.229 e. The molecule has 25 heavy (non-hydrogen) atoms. The minimum atomic E-state index is -1.46. The predicted molar refractivity (Wildman–Crippen MR) is 90.5 cm³/mol. The molecule has 7 heteroatoms. The van der Waals surface area contributed by atoms with Crippen LogP contribution in [0.5, 0.6) is 11.5 Å². The van der Waals surface area contributed by atoms with Gasteiger partial charge in [0.05, 0.1) is 13.2 Å². The van der Waals surface area contributed by atoms with E-state index in [9.17, 15) is 20.4 Å². The maximum absolute atomic E-state index is 9.96. The van der Waals surface area contributed by atoms with Crippen molar-refractivity contribution in [3.8, 4) is 11.5 Å². The standard InChI is InChI=1S/C18H28O7/c1-2-3-4-5-10-23-12-6-8-13(9-7-12)24-18-17(22)16(21)15(20)14(11-19)25-18/h6-9,14-22H,2-5,10-11H2,1H3/t14-,15-,16+,17-,18-/m1/s1. The van der Waals surface area contributed by atoms with E-state index in [0.717, 1.165) is 18.6 Å². The molecule has 2 rings (SSSR count). The van der Waals surface area contributed by atoms with Gasteiger partial charge in [0, 0.05) is 0 Å². The molecular formula is C18H28O7. The highest BCUT2D eigenvalue weighted by molar-refractivity contribution is 5.31. The van der Waals surface area contributed by atoms with Gasteiger partial charge in [-0.2, -0.15) is 0 Å². The number of ether oxygens (including phenoxy) is 3. The monoisotopic (exact) mass is 356 g/mol. The van der Waals surface area contributed by atoms with Crippen LogP contribution >= 0.6 is 0 Å². The van der Waals surface area contributed by atoms with Gasteiger partial charge in [0.2, 0.25) is 6.29 Å². The highest BCUT2D eigenvalue weighted by Gasteiger charge is 2.44. The van der Waals surface area contributed by atoms with E-state index >= 15 is 0 Å². The largest absolute Gasteiger partial charge is 0.494 e. The molecule has 1 aromatic rings. The van der Waals surface area contributed by atoms with Crippen LogP contribution in [-0.2, 0) is 4.74 Å². The van der Waals surface area contributed by atoms with Crippen molar-refractivity contribution < 1.29 is 34.6 Å². The third-order valence-corrected chi connectivity index (χ3v) is 4.19. The molecule has 4 N–H and O–H groups in total. The summed E-state index contributed by atoms with van der Waals surface area (Å²) >= 11 is 0. The fourth-order valence-electron chi connectivity index (χ4n) is 2.63. The second-order valence-corrected chi connectivity index (χ2v) is 6.20. The molecule has 0 unspecified atom stereocenters. The minimum Gasteiger partial charge on any atom is -0.494 e. The molecule has 1 heterocycles. The Labute approximate surface area is 147 Å². The number of rotatable bonds is 9. The third kappa shape index (κ3) is 5.55. The molecule has 1 fully saturated rings. The maximum atomic E-state index is 9.96. The molecule has 0 spiro atoms. The van der Waals surface area contributed by atoms with E-state index < -0.39 is 37.3 Å². The number of hydrogen-bond donors (Lipinski definition) is 4. The first-order valence-corrected chi connectivity index (χ1v) is 8.76. The van der Waals surface area contributed by atoms with Gasteiger partial charge in [-0.1, -0.05) is 26.2 Å². The fourth-order valence-corrected chi connectivity index (χ4v) is 2.63. The second kappa shape index (κ2) is 9.94. The quantitative estimate of drug-likeness (QED) is 0.485. The van der Waals surface area contributed by atoms with Crippen molar-refractivity contribution in [1.82, 2.24) is 0 Å². The van der Waals surface area contributed by atoms with Crippen LogP contribution in [0.25, 0.3) is 0 Å². The van der Waals surface area contributed by atoms with E-state index in [2.05, 4.69) is 6.92 Å². The van der Waals surface area contributed by atoms with Gasteiger partial charge in [-0.15, -0.1) is 0 Å². The fraction of sp³-hybridized carbons (Fsp3) is 0.667. The van der Waals surface area contributed by atoms with Crippen molar-refractivity contribution in [2.45, 2.75) is 63.3 Å². The van der Waals surface area contributed by atoms with Crippen LogP contribution in [-0.4, -0.2) is 64.3 Å². The maximum Gasteiger partial charge on any atom is 0.229 e. The lowest BCUT2D eigenvalue weighted by Crippen LogP contribution is -2.60. The second-order valence-electron chi connectivity index (χ2n) is 6.20. The Hall–Kier alpha value is -1.38. The Kier molecular flexibility index (Phi) is 7.92. The van der Waals surface area contributed by atoms with E-state index in [1.807, 2.05) is 0 Å². The van der Waals surface area contributed by atoms with E-state index in [0.29, 0.717) is 12.4 Å². The number of aliphatic hydroxyl groups excluding tert-OH is 4. The Morgan fingerprint density at radius 3 is 2.24 bits per heavy atom. The zero-order chi connectivity index (χ0) is 18.2. The molecule has 7 nitrogen and oxygen atoms in total. The average molecular weight is 356 g/mol. The minimum absolute atomic E-state index is 0.419. The van der Waals surface area contributed by atoms with E-state index in [1.54, 1.807) is 24.3 Å². The molecule has 0 saturated carbocycles. The van der Waals surface area contributed by atoms with Gasteiger partial charge in [0.25, 0.3) is 0 Å². The van der Waals surface area contributed by atoms with Crippen LogP contribution in [0.3, 0.4) is 0 Å². The van der Waals surface area contributed by atoms with Gasteiger partial charge in [-0.25, -0.2) is 0 Å². The molecule has 0 bridgehead atoms. The molecule has 1 aromatic carbocycles. The van der Waals surface area contributed by atoms with Gasteiger partial charge in [0.1, 0.15) is 35.9 Å². The number of hydrogen-bond acceptors (Lipinski definition) is 7. The van der Waals surface area contributed by atoms with Gasteiger partial charge in [-0.05, 0) is 30.7 Å². The van der Waals surface area contributed by atoms with Crippen molar-refractivity contribution >= 4 is 0 Å². The molecule has 142 valence electrons. The molecule has 0 aromatic heterocycles. The van der Waals surface area contributed by atoms with Crippen LogP contribution in [0.15, 0.2) is 24.3 Å². The summed E-state index contributed by atoms with van der Waals surface area (Å²) < 4.78 is 16.5. The Morgan fingerprint density at radius 1 is 0.920 bits per heavy atom. The molecular weight excluding hydrogens is 328 g/mol. The molecule has 0 radical (unpaired) electrons. The molecule has 1 aliphatic heterocycles. The van der Waals surface area contributed by atoms with Crippen LogP contribution in [0.4, 0.5) is 0 Å². The lowest BCUT2D eigenvalue weighted by atomic mass is 9.99. The lowest BCUT2D eigenvalue weighted by Gasteiger charge is -2.39. The molecule has 1 aliphatic rings. The van der Waals surface area contributed by atoms with E-state index in [-0.39, 0.29) is 0 Å². The molecule has 0 aliphatic carbocycles. The van der Waals surface area contributed by atoms with Crippen molar-refractivity contribution in [1.29, 1.82) is 0 Å². The highest BCUT2D eigenvalue weighted by atomic mass is 16.7. The van der Waals surface area contributed by atoms with Crippen molar-refractivity contribution in [2.24, 2.45) is 0 Å². The lowest BCUT2D eigenvalue weighted by molar-refractivity contribution is -0.277. The van der Waals surface area contributed by atoms with Gasteiger partial charge in [-0.3, -0.25) is 0 Å². The summed E-state index contributed by atoms with van der Waals surface area (Å²) in [5.74, 6) is 1.14. The zero-order valence-corrected chi connectivity index (χ0v) is 14.5. The Bertz CT molecular complexity index is 491. The summed E-state index contributed by atoms with van der Waals surface area (Å²) in [5, 5.41) is 38.6. The Morgan fingerprint density at radius 2 is 1.60 bits per heavy atom. The van der Waals surface area contributed by atoms with Crippen LogP contribution in [0, 0.1) is 0 Å². The van der Waals surface area contributed by atoms with Gasteiger partial charge < -0.3 is 34.6 Å². The van der Waals surface area contributed by atoms with Crippen molar-refractivity contribution in [3.05, 3.63) is 24.3 Å². The van der Waals surface area contributed by atoms with Crippen molar-refractivity contribution in [3.63, 3.8) is 0 Å². The summed E-state index contributed by atoms with van der Waals surface area (Å²) in [6, 6.07) is 6.84. The summed E-state index contributed by atoms with van der Waals surface area (Å²) in [5.41, 5.74) is 0. The molecule has 1 saturated heterocycles. The number of aliphatic hydroxyl groups is 4. The zero-order valence-electron chi connectivity index (χ0n) is 14.5. The first-order valence-electron chi connectivity index (χ1n) is 8.76. The van der Waals surface area contributed by atoms with Gasteiger partial charge in [0.15, 0.2) is 0 Å². The summed E-state index contributed by atoms with van der Waals surface area (Å²) in [6.07, 6.45) is -1.91. The first kappa shape index (κ1) is 19.9. The highest BCUT2D eigenvalue weighted by Crippen LogP contribution is 2.25. The summed E-state index contributed by atoms with van der Waals surface area (Å²) in [6.45, 7) is 2.33. The number of benzene rings is 1. The molecule has 0 amide bonds.